The number of hydrogen-bond donors (Lipinski definition) is 0. The first kappa shape index (κ1) is 23.0. The van der Waals surface area contributed by atoms with Crippen LogP contribution in [0, 0.1) is 11.7 Å². The second-order valence-corrected chi connectivity index (χ2v) is 11.5. The highest BCUT2D eigenvalue weighted by Crippen LogP contribution is 2.35. The minimum atomic E-state index is -3.09. The van der Waals surface area contributed by atoms with Gasteiger partial charge in [0.05, 0.1) is 6.26 Å². The highest BCUT2D eigenvalue weighted by atomic mass is 35.5. The van der Waals surface area contributed by atoms with E-state index in [0.717, 1.165) is 55.5 Å². The maximum absolute atomic E-state index is 13.2. The Morgan fingerprint density at radius 2 is 1.58 bits per heavy atom. The predicted molar refractivity (Wildman–Crippen MR) is 125 cm³/mol. The number of sulfonamides is 1. The zero-order chi connectivity index (χ0) is 22.2. The SMILES string of the molecule is CS(=O)(=O)N1CCC(N2CC[C@@H](Cc3c(Cl)cc(-c4ccc(F)cc4)cc3Cl)C2)CC1. The van der Waals surface area contributed by atoms with E-state index in [9.17, 15) is 12.8 Å². The second-order valence-electron chi connectivity index (χ2n) is 8.67. The second kappa shape index (κ2) is 9.36. The number of halogens is 3. The molecule has 2 saturated heterocycles. The summed E-state index contributed by atoms with van der Waals surface area (Å²) in [5, 5.41) is 1.29. The highest BCUT2D eigenvalue weighted by Gasteiger charge is 2.33. The van der Waals surface area contributed by atoms with E-state index in [1.165, 1.54) is 18.4 Å². The van der Waals surface area contributed by atoms with Crippen molar-refractivity contribution in [3.63, 3.8) is 0 Å². The van der Waals surface area contributed by atoms with Crippen LogP contribution in [0.5, 0.6) is 0 Å². The third-order valence-corrected chi connectivity index (χ3v) is 8.52. The molecule has 0 aromatic heterocycles. The largest absolute Gasteiger partial charge is 0.300 e. The van der Waals surface area contributed by atoms with Crippen molar-refractivity contribution >= 4 is 33.2 Å². The summed E-state index contributed by atoms with van der Waals surface area (Å²) >= 11 is 13.2. The lowest BCUT2D eigenvalue weighted by Crippen LogP contribution is -2.45. The zero-order valence-corrected chi connectivity index (χ0v) is 19.9. The lowest BCUT2D eigenvalue weighted by atomic mass is 9.96. The van der Waals surface area contributed by atoms with E-state index in [0.29, 0.717) is 35.1 Å². The Morgan fingerprint density at radius 3 is 2.16 bits per heavy atom. The summed E-state index contributed by atoms with van der Waals surface area (Å²) in [7, 11) is -3.09. The molecule has 31 heavy (non-hydrogen) atoms. The summed E-state index contributed by atoms with van der Waals surface area (Å²) in [6, 6.07) is 10.6. The van der Waals surface area contributed by atoms with Gasteiger partial charge in [0, 0.05) is 35.7 Å². The quantitative estimate of drug-likeness (QED) is 0.593. The van der Waals surface area contributed by atoms with Gasteiger partial charge < -0.3 is 0 Å². The van der Waals surface area contributed by atoms with Gasteiger partial charge in [-0.25, -0.2) is 17.1 Å². The fourth-order valence-electron chi connectivity index (χ4n) is 4.80. The lowest BCUT2D eigenvalue weighted by molar-refractivity contribution is 0.163. The third-order valence-electron chi connectivity index (χ3n) is 6.54. The molecule has 0 spiro atoms. The van der Waals surface area contributed by atoms with E-state index in [2.05, 4.69) is 4.90 Å². The molecule has 2 aromatic carbocycles. The smallest absolute Gasteiger partial charge is 0.211 e. The summed E-state index contributed by atoms with van der Waals surface area (Å²) in [6.45, 7) is 3.22. The van der Waals surface area contributed by atoms with Crippen LogP contribution < -0.4 is 0 Å². The summed E-state index contributed by atoms with van der Waals surface area (Å²) < 4.78 is 38.3. The molecule has 1 atom stereocenters. The number of piperidine rings is 1. The van der Waals surface area contributed by atoms with E-state index >= 15 is 0 Å². The number of benzene rings is 2. The first-order chi connectivity index (χ1) is 14.7. The van der Waals surface area contributed by atoms with E-state index in [4.69, 9.17) is 23.2 Å². The topological polar surface area (TPSA) is 40.6 Å². The molecule has 0 saturated carbocycles. The molecule has 4 nitrogen and oxygen atoms in total. The maximum Gasteiger partial charge on any atom is 0.211 e. The van der Waals surface area contributed by atoms with Gasteiger partial charge in [-0.05, 0) is 79.1 Å². The van der Waals surface area contributed by atoms with Crippen LogP contribution in [0.1, 0.15) is 24.8 Å². The molecule has 0 amide bonds. The fourth-order valence-corrected chi connectivity index (χ4v) is 6.31. The van der Waals surface area contributed by atoms with Gasteiger partial charge in [-0.3, -0.25) is 4.90 Å². The molecule has 2 aliphatic heterocycles. The number of likely N-dealkylation sites (tertiary alicyclic amines) is 1. The Morgan fingerprint density at radius 1 is 0.968 bits per heavy atom. The van der Waals surface area contributed by atoms with Crippen LogP contribution in [0.4, 0.5) is 4.39 Å². The van der Waals surface area contributed by atoms with Crippen molar-refractivity contribution in [1.82, 2.24) is 9.21 Å². The fraction of sp³-hybridized carbons (Fsp3) is 0.478. The summed E-state index contributed by atoms with van der Waals surface area (Å²) in [5.41, 5.74) is 2.72. The van der Waals surface area contributed by atoms with Gasteiger partial charge in [0.25, 0.3) is 0 Å². The van der Waals surface area contributed by atoms with Crippen molar-refractivity contribution < 1.29 is 12.8 Å². The number of hydrogen-bond acceptors (Lipinski definition) is 3. The average Bonchev–Trinajstić information content (AvgIpc) is 3.19. The highest BCUT2D eigenvalue weighted by molar-refractivity contribution is 7.88. The van der Waals surface area contributed by atoms with Crippen LogP contribution in [0.25, 0.3) is 11.1 Å². The standard InChI is InChI=1S/C23H27Cl2FN2O2S/c1-31(29,30)28-10-7-20(8-11-28)27-9-6-16(15-27)12-21-22(24)13-18(14-23(21)25)17-2-4-19(26)5-3-17/h2-5,13-14,16,20H,6-12,15H2,1H3/t16-/m0/s1. The first-order valence-corrected chi connectivity index (χ1v) is 13.2. The Labute approximate surface area is 194 Å². The lowest BCUT2D eigenvalue weighted by Gasteiger charge is -2.35. The molecule has 0 radical (unpaired) electrons. The van der Waals surface area contributed by atoms with Crippen molar-refractivity contribution in [3.05, 3.63) is 57.8 Å². The van der Waals surface area contributed by atoms with Crippen molar-refractivity contribution in [2.45, 2.75) is 31.7 Å². The van der Waals surface area contributed by atoms with Crippen LogP contribution >= 0.6 is 23.2 Å². The van der Waals surface area contributed by atoms with Gasteiger partial charge in [0.2, 0.25) is 10.0 Å². The average molecular weight is 485 g/mol. The molecular formula is C23H27Cl2FN2O2S. The molecule has 2 aromatic rings. The van der Waals surface area contributed by atoms with Gasteiger partial charge in [-0.1, -0.05) is 35.3 Å². The van der Waals surface area contributed by atoms with Crippen LogP contribution in [-0.4, -0.2) is 56.1 Å². The molecule has 2 aliphatic rings. The molecule has 2 heterocycles. The van der Waals surface area contributed by atoms with E-state index in [1.807, 2.05) is 12.1 Å². The van der Waals surface area contributed by atoms with Crippen molar-refractivity contribution in [2.24, 2.45) is 5.92 Å². The summed E-state index contributed by atoms with van der Waals surface area (Å²) in [4.78, 5) is 2.50. The van der Waals surface area contributed by atoms with Gasteiger partial charge in [0.1, 0.15) is 5.82 Å². The number of nitrogens with zero attached hydrogens (tertiary/aromatic N) is 2. The molecule has 0 unspecified atom stereocenters. The number of rotatable bonds is 5. The molecule has 168 valence electrons. The van der Waals surface area contributed by atoms with Gasteiger partial charge in [-0.2, -0.15) is 0 Å². The van der Waals surface area contributed by atoms with Crippen LogP contribution in [-0.2, 0) is 16.4 Å². The minimum absolute atomic E-state index is 0.273. The third kappa shape index (κ3) is 5.42. The molecular weight excluding hydrogens is 458 g/mol. The minimum Gasteiger partial charge on any atom is -0.300 e. The normalized spacial score (nSPS) is 21.6. The molecule has 0 aliphatic carbocycles. The molecule has 2 fully saturated rings. The Hall–Kier alpha value is -1.18. The van der Waals surface area contributed by atoms with Gasteiger partial charge in [-0.15, -0.1) is 0 Å². The van der Waals surface area contributed by atoms with E-state index in [-0.39, 0.29) is 5.82 Å². The summed E-state index contributed by atoms with van der Waals surface area (Å²) in [5.74, 6) is 0.199. The Kier molecular flexibility index (Phi) is 6.94. The van der Waals surface area contributed by atoms with E-state index < -0.39 is 10.0 Å². The van der Waals surface area contributed by atoms with Crippen molar-refractivity contribution in [3.8, 4) is 11.1 Å². The van der Waals surface area contributed by atoms with Crippen LogP contribution in [0.3, 0.4) is 0 Å². The van der Waals surface area contributed by atoms with E-state index in [1.54, 1.807) is 16.4 Å². The van der Waals surface area contributed by atoms with Gasteiger partial charge >= 0.3 is 0 Å². The zero-order valence-electron chi connectivity index (χ0n) is 17.5. The van der Waals surface area contributed by atoms with Crippen molar-refractivity contribution in [2.75, 3.05) is 32.4 Å². The monoisotopic (exact) mass is 484 g/mol. The Bertz CT molecular complexity index is 1020. The maximum atomic E-state index is 13.2. The predicted octanol–water partition coefficient (Wildman–Crippen LogP) is 5.09. The molecule has 8 heteroatoms. The molecule has 4 rings (SSSR count). The van der Waals surface area contributed by atoms with Crippen molar-refractivity contribution in [1.29, 1.82) is 0 Å². The Balaban J connectivity index is 1.38. The molecule has 0 N–H and O–H groups in total. The molecule has 0 bridgehead atoms. The first-order valence-electron chi connectivity index (χ1n) is 10.6. The van der Waals surface area contributed by atoms with Crippen LogP contribution in [0.2, 0.25) is 10.0 Å². The van der Waals surface area contributed by atoms with Crippen LogP contribution in [0.15, 0.2) is 36.4 Å². The van der Waals surface area contributed by atoms with Gasteiger partial charge in [0.15, 0.2) is 0 Å². The summed E-state index contributed by atoms with van der Waals surface area (Å²) in [6.07, 6.45) is 4.95.